The predicted molar refractivity (Wildman–Crippen MR) is 46.9 cm³/mol. The van der Waals surface area contributed by atoms with Gasteiger partial charge in [-0.05, 0) is 12.2 Å². The summed E-state index contributed by atoms with van der Waals surface area (Å²) in [5, 5.41) is 0. The van der Waals surface area contributed by atoms with E-state index in [-0.39, 0.29) is 5.76 Å². The van der Waals surface area contributed by atoms with Gasteiger partial charge in [-0.15, -0.1) is 0 Å². The fourth-order valence-electron chi connectivity index (χ4n) is 0.827. The van der Waals surface area contributed by atoms with E-state index in [4.69, 9.17) is 28.9 Å². The molecule has 0 unspecified atom stereocenters. The molecule has 0 spiro atoms. The van der Waals surface area contributed by atoms with Gasteiger partial charge in [-0.25, -0.2) is 4.79 Å². The first-order valence-electron chi connectivity index (χ1n) is 3.24. The maximum atomic E-state index is 10.3. The Morgan fingerprint density at radius 3 is 2.83 bits per heavy atom. The lowest BCUT2D eigenvalue weighted by atomic mass is 10.1. The van der Waals surface area contributed by atoms with Crippen molar-refractivity contribution >= 4 is 29.3 Å². The van der Waals surface area contributed by atoms with Gasteiger partial charge < -0.3 is 10.5 Å². The zero-order valence-corrected chi connectivity index (χ0v) is 7.60. The molecule has 1 aliphatic carbocycles. The first-order chi connectivity index (χ1) is 5.49. The van der Waals surface area contributed by atoms with Crippen LogP contribution in [0.4, 0.5) is 4.79 Å². The Balaban J connectivity index is 2.71. The number of allylic oxidation sites excluding steroid dienone is 3. The molecule has 5 heteroatoms. The number of amides is 1. The first kappa shape index (κ1) is 9.42. The molecular weight excluding hydrogens is 201 g/mol. The van der Waals surface area contributed by atoms with Crippen LogP contribution in [0.5, 0.6) is 0 Å². The van der Waals surface area contributed by atoms with Crippen LogP contribution < -0.4 is 5.73 Å². The van der Waals surface area contributed by atoms with Crippen molar-refractivity contribution in [2.45, 2.75) is 10.8 Å². The van der Waals surface area contributed by atoms with Crippen LogP contribution in [-0.2, 0) is 4.74 Å². The summed E-state index contributed by atoms with van der Waals surface area (Å²) in [5.74, 6) is 0.277. The molecule has 0 saturated carbocycles. The smallest absolute Gasteiger partial charge is 0.409 e. The van der Waals surface area contributed by atoms with Gasteiger partial charge in [0.25, 0.3) is 0 Å². The molecule has 1 aliphatic rings. The number of rotatable bonds is 1. The van der Waals surface area contributed by atoms with Crippen molar-refractivity contribution < 1.29 is 9.53 Å². The maximum Gasteiger partial charge on any atom is 0.409 e. The average Bonchev–Trinajstić information content (AvgIpc) is 1.82. The number of ether oxygens (including phenoxy) is 1. The number of carbonyl (C=O) groups is 1. The van der Waals surface area contributed by atoms with Crippen LogP contribution in [0, 0.1) is 0 Å². The third-order valence-corrected chi connectivity index (χ3v) is 1.77. The molecule has 0 aromatic rings. The zero-order chi connectivity index (χ0) is 9.19. The number of nitrogens with two attached hydrogens (primary N) is 1. The van der Waals surface area contributed by atoms with E-state index in [0.717, 1.165) is 0 Å². The fourth-order valence-corrected chi connectivity index (χ4v) is 1.22. The van der Waals surface area contributed by atoms with Crippen molar-refractivity contribution in [3.05, 3.63) is 24.0 Å². The maximum absolute atomic E-state index is 10.3. The number of hydrogen-bond acceptors (Lipinski definition) is 2. The minimum absolute atomic E-state index is 0.277. The lowest BCUT2D eigenvalue weighted by Gasteiger charge is -2.17. The molecule has 0 aliphatic heterocycles. The van der Waals surface area contributed by atoms with Crippen LogP contribution in [0.2, 0.25) is 0 Å². The molecule has 1 amide bonds. The molecule has 0 bridgehead atoms. The molecule has 66 valence electrons. The number of halogens is 2. The summed E-state index contributed by atoms with van der Waals surface area (Å²) in [6.45, 7) is 0. The molecule has 0 fully saturated rings. The molecule has 1 rings (SSSR count). The minimum Gasteiger partial charge on any atom is -0.411 e. The van der Waals surface area contributed by atoms with Gasteiger partial charge in [0.15, 0.2) is 0 Å². The lowest BCUT2D eigenvalue weighted by Crippen LogP contribution is -2.17. The zero-order valence-electron chi connectivity index (χ0n) is 6.09. The van der Waals surface area contributed by atoms with Crippen LogP contribution in [-0.4, -0.2) is 10.4 Å². The Bertz CT molecular complexity index is 258. The summed E-state index contributed by atoms with van der Waals surface area (Å²) >= 11 is 11.5. The third kappa shape index (κ3) is 2.75. The van der Waals surface area contributed by atoms with E-state index in [0.29, 0.717) is 6.42 Å². The second-order valence-corrected chi connectivity index (χ2v) is 3.88. The first-order valence-corrected chi connectivity index (χ1v) is 4.00. The number of hydrogen-bond donors (Lipinski definition) is 1. The van der Waals surface area contributed by atoms with E-state index in [1.165, 1.54) is 6.08 Å². The summed E-state index contributed by atoms with van der Waals surface area (Å²) in [6.07, 6.45) is 4.34. The molecule has 0 aromatic carbocycles. The van der Waals surface area contributed by atoms with Crippen LogP contribution >= 0.6 is 23.2 Å². The topological polar surface area (TPSA) is 52.3 Å². The molecule has 3 nitrogen and oxygen atoms in total. The molecule has 2 N–H and O–H groups in total. The minimum atomic E-state index is -1.00. The van der Waals surface area contributed by atoms with Crippen LogP contribution in [0.25, 0.3) is 0 Å². The Morgan fingerprint density at radius 2 is 2.33 bits per heavy atom. The van der Waals surface area contributed by atoms with Crippen LogP contribution in [0.15, 0.2) is 24.0 Å². The summed E-state index contributed by atoms with van der Waals surface area (Å²) in [5.41, 5.74) is 4.79. The molecule has 0 aromatic heterocycles. The molecule has 0 atom stereocenters. The monoisotopic (exact) mass is 207 g/mol. The van der Waals surface area contributed by atoms with Gasteiger partial charge in [-0.3, -0.25) is 0 Å². The van der Waals surface area contributed by atoms with Gasteiger partial charge in [0.2, 0.25) is 0 Å². The number of primary amides is 1. The van der Waals surface area contributed by atoms with Gasteiger partial charge >= 0.3 is 6.09 Å². The average molecular weight is 208 g/mol. The van der Waals surface area contributed by atoms with Crippen molar-refractivity contribution in [1.29, 1.82) is 0 Å². The quantitative estimate of drug-likeness (QED) is 0.670. The number of carbonyl (C=O) groups excluding carboxylic acids is 1. The lowest BCUT2D eigenvalue weighted by molar-refractivity contribution is 0.189. The predicted octanol–water partition coefficient (Wildman–Crippen LogP) is 2.10. The molecule has 0 radical (unpaired) electrons. The fraction of sp³-hybridized carbons (Fsp3) is 0.286. The summed E-state index contributed by atoms with van der Waals surface area (Å²) in [4.78, 5) is 10.3. The molecular formula is C7H7Cl2NO2. The Hall–Kier alpha value is -0.670. The third-order valence-electron chi connectivity index (χ3n) is 1.24. The van der Waals surface area contributed by atoms with Crippen molar-refractivity contribution in [3.8, 4) is 0 Å². The van der Waals surface area contributed by atoms with E-state index in [1.54, 1.807) is 12.2 Å². The van der Waals surface area contributed by atoms with Crippen molar-refractivity contribution in [1.82, 2.24) is 0 Å². The van der Waals surface area contributed by atoms with Gasteiger partial charge in [-0.2, -0.15) is 0 Å². The molecule has 0 saturated heterocycles. The van der Waals surface area contributed by atoms with Gasteiger partial charge in [-0.1, -0.05) is 29.3 Å². The van der Waals surface area contributed by atoms with Crippen LogP contribution in [0.1, 0.15) is 6.42 Å². The summed E-state index contributed by atoms with van der Waals surface area (Å²) in [6, 6.07) is 0. The second kappa shape index (κ2) is 3.37. The highest BCUT2D eigenvalue weighted by Crippen LogP contribution is 2.32. The van der Waals surface area contributed by atoms with Crippen molar-refractivity contribution in [2.24, 2.45) is 5.73 Å². The van der Waals surface area contributed by atoms with Crippen molar-refractivity contribution in [3.63, 3.8) is 0 Å². The number of alkyl halides is 2. The Morgan fingerprint density at radius 1 is 1.67 bits per heavy atom. The Kier molecular flexibility index (Phi) is 2.65. The Labute approximate surface area is 79.8 Å². The van der Waals surface area contributed by atoms with Crippen LogP contribution in [0.3, 0.4) is 0 Å². The second-order valence-electron chi connectivity index (χ2n) is 2.34. The summed E-state index contributed by atoms with van der Waals surface area (Å²) < 4.78 is 3.57. The highest BCUT2D eigenvalue weighted by Gasteiger charge is 2.23. The normalized spacial score (nSPS) is 20.0. The SMILES string of the molecule is NC(=O)OC1=CC(Cl)(Cl)CC=C1. The van der Waals surface area contributed by atoms with Gasteiger partial charge in [0.1, 0.15) is 10.1 Å². The van der Waals surface area contributed by atoms with E-state index in [9.17, 15) is 4.79 Å². The van der Waals surface area contributed by atoms with E-state index in [2.05, 4.69) is 4.74 Å². The van der Waals surface area contributed by atoms with Gasteiger partial charge in [0.05, 0.1) is 0 Å². The standard InChI is InChI=1S/C7H7Cl2NO2/c8-7(9)3-1-2-5(4-7)12-6(10)11/h1-2,4H,3H2,(H2,10,11). The largest absolute Gasteiger partial charge is 0.411 e. The highest BCUT2D eigenvalue weighted by molar-refractivity contribution is 6.50. The molecule has 12 heavy (non-hydrogen) atoms. The molecule has 0 heterocycles. The van der Waals surface area contributed by atoms with E-state index < -0.39 is 10.4 Å². The van der Waals surface area contributed by atoms with Gasteiger partial charge in [0, 0.05) is 6.42 Å². The highest BCUT2D eigenvalue weighted by atomic mass is 35.5. The van der Waals surface area contributed by atoms with Crippen molar-refractivity contribution in [2.75, 3.05) is 0 Å². The van der Waals surface area contributed by atoms with E-state index >= 15 is 0 Å². The van der Waals surface area contributed by atoms with E-state index in [1.807, 2.05) is 0 Å². The summed E-state index contributed by atoms with van der Waals surface area (Å²) in [7, 11) is 0.